The molecule has 1 aromatic heterocycles. The highest BCUT2D eigenvalue weighted by atomic mass is 32.1. The number of ketones is 1. The molecule has 0 saturated carbocycles. The van der Waals surface area contributed by atoms with Crippen molar-refractivity contribution >= 4 is 23.0 Å². The zero-order chi connectivity index (χ0) is 16.6. The fourth-order valence-corrected chi connectivity index (χ4v) is 3.65. The van der Waals surface area contributed by atoms with E-state index in [4.69, 9.17) is 4.74 Å². The van der Waals surface area contributed by atoms with Crippen LogP contribution in [0.3, 0.4) is 0 Å². The Bertz CT molecular complexity index is 751. The molecule has 1 aliphatic heterocycles. The van der Waals surface area contributed by atoms with Gasteiger partial charge in [0.2, 0.25) is 5.90 Å². The van der Waals surface area contributed by atoms with E-state index in [1.54, 1.807) is 6.92 Å². The molecule has 0 radical (unpaired) electrons. The summed E-state index contributed by atoms with van der Waals surface area (Å²) in [5, 5.41) is 2.76. The molecule has 120 valence electrons. The lowest BCUT2D eigenvalue weighted by Crippen LogP contribution is -2.38. The van der Waals surface area contributed by atoms with Gasteiger partial charge >= 0.3 is 0 Å². The summed E-state index contributed by atoms with van der Waals surface area (Å²) in [7, 11) is 0. The number of thiazole rings is 1. The summed E-state index contributed by atoms with van der Waals surface area (Å²) in [5.41, 5.74) is 1.18. The van der Waals surface area contributed by atoms with Crippen LogP contribution >= 0.6 is 11.3 Å². The van der Waals surface area contributed by atoms with Crippen molar-refractivity contribution in [2.24, 2.45) is 4.99 Å². The van der Waals surface area contributed by atoms with Crippen LogP contribution < -0.4 is 0 Å². The zero-order valence-corrected chi connectivity index (χ0v) is 14.6. The second-order valence-corrected chi connectivity index (χ2v) is 7.11. The molecule has 2 heterocycles. The molecule has 0 amide bonds. The second-order valence-electron chi connectivity index (χ2n) is 6.25. The van der Waals surface area contributed by atoms with Gasteiger partial charge in [0, 0.05) is 5.38 Å². The SMILES string of the molecule is CC(=O)C1N=C(c2nc(C(C)C)cs2)OC1(C)c1ccccc1. The molecule has 0 spiro atoms. The standard InChI is InChI=1S/C18H20N2O2S/c1-11(2)14-10-23-17(19-14)16-20-15(12(3)21)18(4,22-16)13-8-6-5-7-9-13/h5-11,15H,1-4H3. The minimum absolute atomic E-state index is 0.00741. The van der Waals surface area contributed by atoms with E-state index in [1.165, 1.54) is 11.3 Å². The van der Waals surface area contributed by atoms with E-state index in [9.17, 15) is 4.79 Å². The summed E-state index contributed by atoms with van der Waals surface area (Å²) < 4.78 is 6.17. The highest BCUT2D eigenvalue weighted by Crippen LogP contribution is 2.38. The third kappa shape index (κ3) is 2.81. The van der Waals surface area contributed by atoms with Gasteiger partial charge in [0.05, 0.1) is 5.69 Å². The first-order valence-electron chi connectivity index (χ1n) is 7.70. The molecular weight excluding hydrogens is 308 g/mol. The quantitative estimate of drug-likeness (QED) is 0.855. The number of hydrogen-bond donors (Lipinski definition) is 0. The molecule has 2 aromatic rings. The van der Waals surface area contributed by atoms with Gasteiger partial charge < -0.3 is 4.74 Å². The summed E-state index contributed by atoms with van der Waals surface area (Å²) >= 11 is 1.51. The minimum Gasteiger partial charge on any atom is -0.462 e. The first-order valence-corrected chi connectivity index (χ1v) is 8.58. The third-order valence-electron chi connectivity index (χ3n) is 4.11. The van der Waals surface area contributed by atoms with Gasteiger partial charge in [-0.3, -0.25) is 4.79 Å². The van der Waals surface area contributed by atoms with Crippen LogP contribution in [0.4, 0.5) is 0 Å². The molecule has 0 N–H and O–H groups in total. The monoisotopic (exact) mass is 328 g/mol. The molecular formula is C18H20N2O2S. The topological polar surface area (TPSA) is 51.5 Å². The molecule has 3 rings (SSSR count). The Morgan fingerprint density at radius 1 is 1.30 bits per heavy atom. The highest BCUT2D eigenvalue weighted by molar-refractivity contribution is 7.11. The highest BCUT2D eigenvalue weighted by Gasteiger charge is 2.47. The number of benzene rings is 1. The van der Waals surface area contributed by atoms with Crippen LogP contribution in [0.5, 0.6) is 0 Å². The predicted octanol–water partition coefficient (Wildman–Crippen LogP) is 3.92. The smallest absolute Gasteiger partial charge is 0.247 e. The minimum atomic E-state index is -0.786. The summed E-state index contributed by atoms with van der Waals surface area (Å²) in [4.78, 5) is 21.3. The van der Waals surface area contributed by atoms with Crippen molar-refractivity contribution in [3.63, 3.8) is 0 Å². The molecule has 0 aliphatic carbocycles. The van der Waals surface area contributed by atoms with Gasteiger partial charge in [-0.15, -0.1) is 11.3 Å². The van der Waals surface area contributed by atoms with Crippen molar-refractivity contribution in [1.82, 2.24) is 4.98 Å². The van der Waals surface area contributed by atoms with Gasteiger partial charge in [-0.05, 0) is 25.3 Å². The van der Waals surface area contributed by atoms with Crippen LogP contribution in [0.2, 0.25) is 0 Å². The average molecular weight is 328 g/mol. The molecule has 1 aromatic carbocycles. The maximum absolute atomic E-state index is 12.1. The molecule has 4 nitrogen and oxygen atoms in total. The van der Waals surface area contributed by atoms with E-state index in [0.29, 0.717) is 11.8 Å². The Labute approximate surface area is 140 Å². The summed E-state index contributed by atoms with van der Waals surface area (Å²) in [6.45, 7) is 7.68. The van der Waals surface area contributed by atoms with Gasteiger partial charge in [-0.25, -0.2) is 9.98 Å². The summed E-state index contributed by atoms with van der Waals surface area (Å²) in [6, 6.07) is 9.22. The van der Waals surface area contributed by atoms with E-state index in [0.717, 1.165) is 16.3 Å². The van der Waals surface area contributed by atoms with E-state index in [-0.39, 0.29) is 5.78 Å². The van der Waals surface area contributed by atoms with Crippen LogP contribution in [0.15, 0.2) is 40.7 Å². The van der Waals surface area contributed by atoms with Crippen LogP contribution in [0.25, 0.3) is 0 Å². The van der Waals surface area contributed by atoms with E-state index in [1.807, 2.05) is 42.6 Å². The fourth-order valence-electron chi connectivity index (χ4n) is 2.74. The molecule has 0 saturated heterocycles. The largest absolute Gasteiger partial charge is 0.462 e. The number of rotatable bonds is 4. The lowest BCUT2D eigenvalue weighted by molar-refractivity contribution is -0.121. The third-order valence-corrected chi connectivity index (χ3v) is 4.95. The number of ether oxygens (including phenoxy) is 1. The fraction of sp³-hybridized carbons (Fsp3) is 0.389. The number of hydrogen-bond acceptors (Lipinski definition) is 5. The van der Waals surface area contributed by atoms with Gasteiger partial charge in [0.15, 0.2) is 22.4 Å². The van der Waals surface area contributed by atoms with Crippen molar-refractivity contribution in [2.75, 3.05) is 0 Å². The molecule has 23 heavy (non-hydrogen) atoms. The van der Waals surface area contributed by atoms with Crippen molar-refractivity contribution in [1.29, 1.82) is 0 Å². The van der Waals surface area contributed by atoms with Crippen LogP contribution in [-0.2, 0) is 15.1 Å². The molecule has 2 unspecified atom stereocenters. The van der Waals surface area contributed by atoms with Crippen LogP contribution in [-0.4, -0.2) is 22.7 Å². The lowest BCUT2D eigenvalue weighted by atomic mass is 9.87. The van der Waals surface area contributed by atoms with E-state index < -0.39 is 11.6 Å². The summed E-state index contributed by atoms with van der Waals surface area (Å²) in [6.07, 6.45) is 0. The molecule has 5 heteroatoms. The van der Waals surface area contributed by atoms with Crippen molar-refractivity contribution < 1.29 is 9.53 Å². The van der Waals surface area contributed by atoms with Gasteiger partial charge in [0.25, 0.3) is 0 Å². The molecule has 2 atom stereocenters. The molecule has 0 bridgehead atoms. The maximum atomic E-state index is 12.1. The second kappa shape index (κ2) is 5.89. The van der Waals surface area contributed by atoms with Crippen molar-refractivity contribution in [3.05, 3.63) is 52.0 Å². The normalized spacial score (nSPS) is 23.7. The average Bonchev–Trinajstić information content (AvgIpc) is 3.13. The predicted molar refractivity (Wildman–Crippen MR) is 92.1 cm³/mol. The van der Waals surface area contributed by atoms with Crippen LogP contribution in [0, 0.1) is 0 Å². The molecule has 1 aliphatic rings. The number of aromatic nitrogens is 1. The number of Topliss-reactive ketones (excluding diaryl/α,β-unsaturated/α-hetero) is 1. The Kier molecular flexibility index (Phi) is 4.06. The number of carbonyl (C=O) groups excluding carboxylic acids is 1. The lowest BCUT2D eigenvalue weighted by Gasteiger charge is -2.28. The van der Waals surface area contributed by atoms with Crippen molar-refractivity contribution in [2.45, 2.75) is 45.3 Å². The van der Waals surface area contributed by atoms with E-state index in [2.05, 4.69) is 23.8 Å². The maximum Gasteiger partial charge on any atom is 0.247 e. The first kappa shape index (κ1) is 15.9. The Morgan fingerprint density at radius 2 is 2.00 bits per heavy atom. The molecule has 0 fully saturated rings. The zero-order valence-electron chi connectivity index (χ0n) is 13.7. The van der Waals surface area contributed by atoms with Gasteiger partial charge in [-0.1, -0.05) is 44.2 Å². The van der Waals surface area contributed by atoms with E-state index >= 15 is 0 Å². The van der Waals surface area contributed by atoms with Gasteiger partial charge in [-0.2, -0.15) is 0 Å². The number of carbonyl (C=O) groups is 1. The van der Waals surface area contributed by atoms with Crippen molar-refractivity contribution in [3.8, 4) is 0 Å². The number of nitrogens with zero attached hydrogens (tertiary/aromatic N) is 2. The Balaban J connectivity index is 1.98. The first-order chi connectivity index (χ1) is 10.9. The summed E-state index contributed by atoms with van der Waals surface area (Å²) in [5.74, 6) is 0.812. The Morgan fingerprint density at radius 3 is 2.57 bits per heavy atom. The number of aliphatic imine (C=N–C) groups is 1. The van der Waals surface area contributed by atoms with Gasteiger partial charge in [0.1, 0.15) is 0 Å². The van der Waals surface area contributed by atoms with Crippen LogP contribution in [0.1, 0.15) is 49.9 Å². The Hall–Kier alpha value is -2.01.